The summed E-state index contributed by atoms with van der Waals surface area (Å²) in [4.78, 5) is 1.21. The standard InChI is InChI=1S/C15H14BrFOS/c16-11-12-8-13(17)10-14(9-12)18-6-7-19-15-4-2-1-3-5-15/h1-5,8-10H,6-7,11H2. The lowest BCUT2D eigenvalue weighted by molar-refractivity contribution is 0.341. The van der Waals surface area contributed by atoms with Gasteiger partial charge in [-0.25, -0.2) is 4.39 Å². The van der Waals surface area contributed by atoms with Crippen LogP contribution < -0.4 is 4.74 Å². The minimum Gasteiger partial charge on any atom is -0.493 e. The molecule has 0 unspecified atom stereocenters. The van der Waals surface area contributed by atoms with E-state index in [-0.39, 0.29) is 5.82 Å². The van der Waals surface area contributed by atoms with E-state index < -0.39 is 0 Å². The summed E-state index contributed by atoms with van der Waals surface area (Å²) in [5, 5.41) is 0.625. The van der Waals surface area contributed by atoms with Crippen molar-refractivity contribution in [1.29, 1.82) is 0 Å². The third-order valence-corrected chi connectivity index (χ3v) is 4.07. The zero-order chi connectivity index (χ0) is 13.5. The predicted octanol–water partition coefficient (Wildman–Crippen LogP) is 4.89. The second-order valence-corrected chi connectivity index (χ2v) is 5.67. The molecule has 2 aromatic carbocycles. The molecule has 0 aliphatic heterocycles. The third-order valence-electron chi connectivity index (χ3n) is 2.45. The van der Waals surface area contributed by atoms with Crippen molar-refractivity contribution in [1.82, 2.24) is 0 Å². The molecule has 0 saturated carbocycles. The van der Waals surface area contributed by atoms with Crippen LogP contribution in [-0.2, 0) is 5.33 Å². The van der Waals surface area contributed by atoms with E-state index in [2.05, 4.69) is 28.1 Å². The molecule has 0 bridgehead atoms. The molecule has 0 saturated heterocycles. The molecule has 2 rings (SSSR count). The Bertz CT molecular complexity index is 519. The van der Waals surface area contributed by atoms with Crippen LogP contribution in [0.1, 0.15) is 5.56 Å². The van der Waals surface area contributed by atoms with Crippen LogP contribution in [0.3, 0.4) is 0 Å². The van der Waals surface area contributed by atoms with Crippen molar-refractivity contribution in [2.45, 2.75) is 10.2 Å². The molecule has 0 aliphatic carbocycles. The van der Waals surface area contributed by atoms with E-state index in [1.165, 1.54) is 17.0 Å². The second kappa shape index (κ2) is 7.56. The topological polar surface area (TPSA) is 9.23 Å². The smallest absolute Gasteiger partial charge is 0.127 e. The highest BCUT2D eigenvalue weighted by atomic mass is 79.9. The van der Waals surface area contributed by atoms with Gasteiger partial charge in [-0.3, -0.25) is 0 Å². The number of halogens is 2. The molecule has 0 heterocycles. The number of alkyl halides is 1. The molecule has 0 amide bonds. The fraction of sp³-hybridized carbons (Fsp3) is 0.200. The molecule has 0 atom stereocenters. The van der Waals surface area contributed by atoms with E-state index in [1.54, 1.807) is 11.8 Å². The Balaban J connectivity index is 1.81. The Labute approximate surface area is 125 Å². The highest BCUT2D eigenvalue weighted by Gasteiger charge is 2.01. The van der Waals surface area contributed by atoms with E-state index >= 15 is 0 Å². The van der Waals surface area contributed by atoms with Crippen molar-refractivity contribution in [3.05, 3.63) is 59.9 Å². The van der Waals surface area contributed by atoms with Crippen LogP contribution >= 0.6 is 27.7 Å². The molecule has 1 nitrogen and oxygen atoms in total. The van der Waals surface area contributed by atoms with Crippen LogP contribution in [0.5, 0.6) is 5.75 Å². The molecule has 19 heavy (non-hydrogen) atoms. The van der Waals surface area contributed by atoms with Gasteiger partial charge in [0.2, 0.25) is 0 Å². The first-order valence-electron chi connectivity index (χ1n) is 5.94. The van der Waals surface area contributed by atoms with Crippen LogP contribution in [0.2, 0.25) is 0 Å². The van der Waals surface area contributed by atoms with Gasteiger partial charge in [-0.2, -0.15) is 0 Å². The Morgan fingerprint density at radius 3 is 2.63 bits per heavy atom. The summed E-state index contributed by atoms with van der Waals surface area (Å²) < 4.78 is 18.9. The number of hydrogen-bond donors (Lipinski definition) is 0. The largest absolute Gasteiger partial charge is 0.493 e. The van der Waals surface area contributed by atoms with Gasteiger partial charge in [-0.15, -0.1) is 11.8 Å². The number of benzene rings is 2. The van der Waals surface area contributed by atoms with Gasteiger partial charge in [0, 0.05) is 22.0 Å². The second-order valence-electron chi connectivity index (χ2n) is 3.94. The van der Waals surface area contributed by atoms with Crippen molar-refractivity contribution in [2.24, 2.45) is 0 Å². The summed E-state index contributed by atoms with van der Waals surface area (Å²) in [6.45, 7) is 0.560. The lowest BCUT2D eigenvalue weighted by Gasteiger charge is -2.07. The average Bonchev–Trinajstić information content (AvgIpc) is 2.44. The Morgan fingerprint density at radius 2 is 1.89 bits per heavy atom. The fourth-order valence-electron chi connectivity index (χ4n) is 1.62. The molecule has 0 fully saturated rings. The maximum Gasteiger partial charge on any atom is 0.127 e. The average molecular weight is 341 g/mol. The molecular weight excluding hydrogens is 327 g/mol. The van der Waals surface area contributed by atoms with Gasteiger partial charge >= 0.3 is 0 Å². The molecule has 0 radical (unpaired) electrons. The van der Waals surface area contributed by atoms with E-state index in [1.807, 2.05) is 24.3 Å². The van der Waals surface area contributed by atoms with Crippen LogP contribution in [0.4, 0.5) is 4.39 Å². The molecule has 0 aliphatic rings. The number of rotatable bonds is 6. The molecule has 0 N–H and O–H groups in total. The molecule has 0 aromatic heterocycles. The van der Waals surface area contributed by atoms with Crippen LogP contribution in [0.25, 0.3) is 0 Å². The summed E-state index contributed by atoms with van der Waals surface area (Å²) in [7, 11) is 0. The molecule has 4 heteroatoms. The molecule has 0 spiro atoms. The SMILES string of the molecule is Fc1cc(CBr)cc(OCCSc2ccccc2)c1. The Hall–Kier alpha value is -1.00. The highest BCUT2D eigenvalue weighted by molar-refractivity contribution is 9.08. The number of ether oxygens (including phenoxy) is 1. The summed E-state index contributed by atoms with van der Waals surface area (Å²) >= 11 is 5.04. The lowest BCUT2D eigenvalue weighted by Crippen LogP contribution is -2.00. The first kappa shape index (κ1) is 14.4. The monoisotopic (exact) mass is 340 g/mol. The van der Waals surface area contributed by atoms with Gasteiger partial charge in [0.1, 0.15) is 11.6 Å². The third kappa shape index (κ3) is 4.88. The van der Waals surface area contributed by atoms with Gasteiger partial charge in [-0.05, 0) is 29.8 Å². The Morgan fingerprint density at radius 1 is 1.11 bits per heavy atom. The first-order chi connectivity index (χ1) is 9.28. The summed E-state index contributed by atoms with van der Waals surface area (Å²) in [5.74, 6) is 1.16. The molecular formula is C15H14BrFOS. The van der Waals surface area contributed by atoms with Crippen molar-refractivity contribution in [2.75, 3.05) is 12.4 Å². The molecule has 2 aromatic rings. The van der Waals surface area contributed by atoms with E-state index in [0.717, 1.165) is 11.3 Å². The maximum absolute atomic E-state index is 13.3. The number of hydrogen-bond acceptors (Lipinski definition) is 2. The molecule has 100 valence electrons. The van der Waals surface area contributed by atoms with Gasteiger partial charge in [0.15, 0.2) is 0 Å². The van der Waals surface area contributed by atoms with Crippen molar-refractivity contribution in [3.8, 4) is 5.75 Å². The van der Waals surface area contributed by atoms with E-state index in [4.69, 9.17) is 4.74 Å². The maximum atomic E-state index is 13.3. The minimum absolute atomic E-state index is 0.261. The predicted molar refractivity (Wildman–Crippen MR) is 81.7 cm³/mol. The lowest BCUT2D eigenvalue weighted by atomic mass is 10.2. The van der Waals surface area contributed by atoms with Gasteiger partial charge < -0.3 is 4.74 Å². The van der Waals surface area contributed by atoms with E-state index in [9.17, 15) is 4.39 Å². The highest BCUT2D eigenvalue weighted by Crippen LogP contribution is 2.20. The van der Waals surface area contributed by atoms with Gasteiger partial charge in [0.05, 0.1) is 6.61 Å². The normalized spacial score (nSPS) is 10.4. The zero-order valence-corrected chi connectivity index (χ0v) is 12.7. The van der Waals surface area contributed by atoms with Crippen LogP contribution in [0, 0.1) is 5.82 Å². The van der Waals surface area contributed by atoms with Crippen LogP contribution in [0.15, 0.2) is 53.4 Å². The Kier molecular flexibility index (Phi) is 5.73. The first-order valence-corrected chi connectivity index (χ1v) is 8.05. The van der Waals surface area contributed by atoms with Crippen molar-refractivity contribution < 1.29 is 9.13 Å². The fourth-order valence-corrected chi connectivity index (χ4v) is 2.69. The van der Waals surface area contributed by atoms with Crippen LogP contribution in [-0.4, -0.2) is 12.4 Å². The van der Waals surface area contributed by atoms with Gasteiger partial charge in [-0.1, -0.05) is 34.1 Å². The summed E-state index contributed by atoms with van der Waals surface area (Å²) in [6, 6.07) is 14.9. The zero-order valence-electron chi connectivity index (χ0n) is 10.3. The van der Waals surface area contributed by atoms with E-state index in [0.29, 0.717) is 17.7 Å². The quantitative estimate of drug-likeness (QED) is 0.420. The van der Waals surface area contributed by atoms with Gasteiger partial charge in [0.25, 0.3) is 0 Å². The minimum atomic E-state index is -0.261. The van der Waals surface area contributed by atoms with Crippen molar-refractivity contribution >= 4 is 27.7 Å². The summed E-state index contributed by atoms with van der Waals surface area (Å²) in [6.07, 6.45) is 0. The summed E-state index contributed by atoms with van der Waals surface area (Å²) in [5.41, 5.74) is 0.880. The number of thioether (sulfide) groups is 1. The van der Waals surface area contributed by atoms with Crippen molar-refractivity contribution in [3.63, 3.8) is 0 Å².